The molecular weight excluding hydrogens is 229 g/mol. The van der Waals surface area contributed by atoms with Gasteiger partial charge in [-0.3, -0.25) is 0 Å². The molecule has 0 unspecified atom stereocenters. The van der Waals surface area contributed by atoms with Crippen molar-refractivity contribution in [2.45, 2.75) is 66.2 Å². The molecule has 0 amide bonds. The van der Waals surface area contributed by atoms with Crippen LogP contribution in [-0.2, 0) is 4.57 Å². The van der Waals surface area contributed by atoms with Crippen LogP contribution in [0.1, 0.15) is 48.5 Å². The van der Waals surface area contributed by atoms with Gasteiger partial charge < -0.3 is 4.57 Å². The van der Waals surface area contributed by atoms with Crippen molar-refractivity contribution < 1.29 is 4.57 Å². The molecule has 2 atom stereocenters. The van der Waals surface area contributed by atoms with Gasteiger partial charge in [0.1, 0.15) is 0 Å². The molecule has 1 heterocycles. The minimum absolute atomic E-state index is 0.0740. The van der Waals surface area contributed by atoms with Crippen molar-refractivity contribution >= 4 is 7.29 Å². The van der Waals surface area contributed by atoms with Gasteiger partial charge in [0.2, 0.25) is 0 Å². The summed E-state index contributed by atoms with van der Waals surface area (Å²) in [7, 11) is -2.30. The van der Waals surface area contributed by atoms with Gasteiger partial charge in [-0.15, -0.1) is 0 Å². The highest BCUT2D eigenvalue weighted by atomic mass is 31.2. The summed E-state index contributed by atoms with van der Waals surface area (Å²) in [5.74, 6) is 0. The largest absolute Gasteiger partial charge is 0.306 e. The first-order valence-corrected chi connectivity index (χ1v) is 8.56. The van der Waals surface area contributed by atoms with Crippen LogP contribution < -0.4 is 0 Å². The van der Waals surface area contributed by atoms with E-state index < -0.39 is 7.29 Å². The lowest BCUT2D eigenvalue weighted by Gasteiger charge is -2.43. The molecule has 1 aliphatic rings. The van der Waals surface area contributed by atoms with E-state index in [2.05, 4.69) is 65.3 Å². The summed E-state index contributed by atoms with van der Waals surface area (Å²) in [4.78, 5) is 0. The molecule has 1 aliphatic heterocycles. The summed E-state index contributed by atoms with van der Waals surface area (Å²) < 4.78 is 15.7. The number of hydrogen-bond donors (Lipinski definition) is 0. The normalized spacial score (nSPS) is 29.9. The zero-order chi connectivity index (χ0) is 13.4. The summed E-state index contributed by atoms with van der Waals surface area (Å²) in [6.07, 6.45) is 5.04. The van der Waals surface area contributed by atoms with E-state index in [1.165, 1.54) is 0 Å². The van der Waals surface area contributed by atoms with Gasteiger partial charge in [-0.1, -0.05) is 32.9 Å². The van der Waals surface area contributed by atoms with Crippen LogP contribution in [0.2, 0.25) is 0 Å². The molecule has 2 nitrogen and oxygen atoms in total. The third-order valence-electron chi connectivity index (χ3n) is 3.46. The predicted molar refractivity (Wildman–Crippen MR) is 77.0 cm³/mol. The second kappa shape index (κ2) is 4.90. The Kier molecular flexibility index (Phi) is 4.32. The molecule has 0 bridgehead atoms. The minimum Gasteiger partial charge on any atom is -0.306 e. The van der Waals surface area contributed by atoms with Crippen LogP contribution in [0.4, 0.5) is 0 Å². The van der Waals surface area contributed by atoms with Crippen LogP contribution in [0.25, 0.3) is 0 Å². The Morgan fingerprint density at radius 1 is 1.18 bits per heavy atom. The number of nitrogens with zero attached hydrogens (tertiary/aromatic N) is 1. The van der Waals surface area contributed by atoms with Crippen molar-refractivity contribution in [1.82, 2.24) is 4.67 Å². The van der Waals surface area contributed by atoms with Crippen molar-refractivity contribution in [1.29, 1.82) is 0 Å². The molecule has 0 saturated carbocycles. The number of rotatable bonds is 3. The molecule has 0 aromatic rings. The maximum absolute atomic E-state index is 13.4. The first kappa shape index (κ1) is 15.0. The molecule has 0 radical (unpaired) electrons. The Balaban J connectivity index is 3.13. The van der Waals surface area contributed by atoms with Gasteiger partial charge in [0, 0.05) is 23.9 Å². The van der Waals surface area contributed by atoms with E-state index >= 15 is 0 Å². The van der Waals surface area contributed by atoms with Gasteiger partial charge in [-0.05, 0) is 33.1 Å². The molecule has 0 N–H and O–H groups in total. The Morgan fingerprint density at radius 2 is 1.65 bits per heavy atom. The Bertz CT molecular complexity index is 331. The van der Waals surface area contributed by atoms with E-state index in [4.69, 9.17) is 0 Å². The monoisotopic (exact) mass is 257 g/mol. The van der Waals surface area contributed by atoms with E-state index in [1.54, 1.807) is 0 Å². The summed E-state index contributed by atoms with van der Waals surface area (Å²) in [5.41, 5.74) is 0.268. The first-order valence-electron chi connectivity index (χ1n) is 6.65. The summed E-state index contributed by atoms with van der Waals surface area (Å²) in [6, 6.07) is 0.677. The zero-order valence-electron chi connectivity index (χ0n) is 12.4. The standard InChI is InChI=1S/C14H28NOP/c1-11(2)15(12(3)4)17(16)10-8-9-13(17)14(5,6)7/h8-9,11-13H,10H2,1-7H3/t13-,17+/m1/s1. The molecule has 0 spiro atoms. The summed E-state index contributed by atoms with van der Waals surface area (Å²) in [5, 5.41) is 0. The van der Waals surface area contributed by atoms with E-state index in [1.807, 2.05) is 0 Å². The first-order chi connectivity index (χ1) is 7.60. The predicted octanol–water partition coefficient (Wildman–Crippen LogP) is 4.37. The third-order valence-corrected chi connectivity index (χ3v) is 7.71. The van der Waals surface area contributed by atoms with Gasteiger partial charge in [-0.25, -0.2) is 4.67 Å². The Morgan fingerprint density at radius 3 is 2.00 bits per heavy atom. The van der Waals surface area contributed by atoms with Crippen molar-refractivity contribution in [2.24, 2.45) is 5.41 Å². The lowest BCUT2D eigenvalue weighted by Crippen LogP contribution is -2.39. The fraction of sp³-hybridized carbons (Fsp3) is 0.857. The van der Waals surface area contributed by atoms with Crippen LogP contribution in [0.5, 0.6) is 0 Å². The fourth-order valence-electron chi connectivity index (χ4n) is 3.10. The maximum Gasteiger partial charge on any atom is 0.161 e. The lowest BCUT2D eigenvalue weighted by atomic mass is 9.92. The molecule has 0 aromatic heterocycles. The summed E-state index contributed by atoms with van der Waals surface area (Å²) >= 11 is 0. The molecule has 100 valence electrons. The topological polar surface area (TPSA) is 20.3 Å². The van der Waals surface area contributed by atoms with E-state index in [-0.39, 0.29) is 11.1 Å². The van der Waals surface area contributed by atoms with E-state index in [9.17, 15) is 4.57 Å². The van der Waals surface area contributed by atoms with Gasteiger partial charge in [0.05, 0.1) is 0 Å². The van der Waals surface area contributed by atoms with Crippen molar-refractivity contribution in [3.63, 3.8) is 0 Å². The zero-order valence-corrected chi connectivity index (χ0v) is 13.3. The second-order valence-electron chi connectivity index (χ2n) is 6.74. The Labute approximate surface area is 107 Å². The SMILES string of the molecule is CC(C)N(C(C)C)[P@]1(=O)CC=C[C@@H]1C(C)(C)C. The highest BCUT2D eigenvalue weighted by Crippen LogP contribution is 2.64. The van der Waals surface area contributed by atoms with Crippen LogP contribution in [0.15, 0.2) is 12.2 Å². The van der Waals surface area contributed by atoms with Crippen molar-refractivity contribution in [2.75, 3.05) is 6.16 Å². The molecule has 17 heavy (non-hydrogen) atoms. The van der Waals surface area contributed by atoms with Crippen LogP contribution in [0, 0.1) is 5.41 Å². The molecule has 0 aliphatic carbocycles. The van der Waals surface area contributed by atoms with E-state index in [0.717, 1.165) is 6.16 Å². The molecule has 3 heteroatoms. The van der Waals surface area contributed by atoms with Crippen molar-refractivity contribution in [3.05, 3.63) is 12.2 Å². The van der Waals surface area contributed by atoms with Crippen molar-refractivity contribution in [3.8, 4) is 0 Å². The molecule has 1 rings (SSSR count). The average molecular weight is 257 g/mol. The number of allylic oxidation sites excluding steroid dienone is 2. The highest BCUT2D eigenvalue weighted by molar-refractivity contribution is 7.63. The van der Waals surface area contributed by atoms with Gasteiger partial charge in [0.25, 0.3) is 0 Å². The molecule has 0 aromatic carbocycles. The molecular formula is C14H28NOP. The smallest absolute Gasteiger partial charge is 0.161 e. The number of hydrogen-bond acceptors (Lipinski definition) is 1. The molecule has 0 saturated heterocycles. The third kappa shape index (κ3) is 2.85. The minimum atomic E-state index is -2.30. The highest BCUT2D eigenvalue weighted by Gasteiger charge is 2.46. The maximum atomic E-state index is 13.4. The quantitative estimate of drug-likeness (QED) is 0.553. The van der Waals surface area contributed by atoms with Crippen LogP contribution in [-0.4, -0.2) is 28.6 Å². The second-order valence-corrected chi connectivity index (χ2v) is 9.64. The van der Waals surface area contributed by atoms with Crippen LogP contribution in [0.3, 0.4) is 0 Å². The average Bonchev–Trinajstić information content (AvgIpc) is 2.44. The van der Waals surface area contributed by atoms with E-state index in [0.29, 0.717) is 12.1 Å². The van der Waals surface area contributed by atoms with Crippen LogP contribution >= 0.6 is 7.29 Å². The molecule has 0 fully saturated rings. The Hall–Kier alpha value is -0.0700. The van der Waals surface area contributed by atoms with Gasteiger partial charge in [-0.2, -0.15) is 0 Å². The van der Waals surface area contributed by atoms with Gasteiger partial charge >= 0.3 is 0 Å². The fourth-order valence-corrected chi connectivity index (χ4v) is 7.39. The summed E-state index contributed by atoms with van der Waals surface area (Å²) in [6.45, 7) is 15.2. The lowest BCUT2D eigenvalue weighted by molar-refractivity contribution is 0.286. The van der Waals surface area contributed by atoms with Gasteiger partial charge in [0.15, 0.2) is 7.29 Å².